The minimum Gasteiger partial charge on any atom is -0.356 e. The molecule has 9 heteroatoms. The van der Waals surface area contributed by atoms with Crippen molar-refractivity contribution in [3.8, 4) is 0 Å². The largest absolute Gasteiger partial charge is 0.356 e. The number of aldehydes is 1. The molecule has 4 bridgehead atoms. The maximum absolute atomic E-state index is 14.8. The van der Waals surface area contributed by atoms with E-state index in [4.69, 9.17) is 14.5 Å². The number of alkyl halides is 1. The lowest BCUT2D eigenvalue weighted by Crippen LogP contribution is -2.60. The fourth-order valence-electron chi connectivity index (χ4n) is 6.83. The van der Waals surface area contributed by atoms with Crippen LogP contribution < -0.4 is 5.32 Å². The zero-order chi connectivity index (χ0) is 22.3. The zero-order valence-electron chi connectivity index (χ0n) is 18.4. The Labute approximate surface area is 187 Å². The number of amides is 2. The van der Waals surface area contributed by atoms with Crippen LogP contribution in [0.25, 0.3) is 0 Å². The third-order valence-electron chi connectivity index (χ3n) is 8.26. The van der Waals surface area contributed by atoms with Gasteiger partial charge in [0.15, 0.2) is 6.29 Å². The van der Waals surface area contributed by atoms with Gasteiger partial charge in [-0.05, 0) is 56.8 Å². The second kappa shape index (κ2) is 8.65. The van der Waals surface area contributed by atoms with Gasteiger partial charge < -0.3 is 15.0 Å². The van der Waals surface area contributed by atoms with Crippen molar-refractivity contribution in [3.63, 3.8) is 0 Å². The van der Waals surface area contributed by atoms with Crippen LogP contribution in [0.1, 0.15) is 64.2 Å². The fourth-order valence-corrected chi connectivity index (χ4v) is 6.83. The number of likely N-dealkylation sites (tertiary alicyclic amines) is 1. The van der Waals surface area contributed by atoms with Crippen LogP contribution >= 0.6 is 0 Å². The van der Waals surface area contributed by atoms with E-state index in [0.29, 0.717) is 37.8 Å². The molecule has 0 aromatic rings. The van der Waals surface area contributed by atoms with Crippen molar-refractivity contribution >= 4 is 18.1 Å². The molecule has 6 aliphatic rings. The summed E-state index contributed by atoms with van der Waals surface area (Å²) in [6.07, 6.45) is 5.30. The third kappa shape index (κ3) is 3.86. The molecule has 4 aliphatic carbocycles. The smallest absolute Gasteiger partial charge is 0.243 e. The average molecular weight is 453 g/mol. The Morgan fingerprint density at radius 2 is 1.91 bits per heavy atom. The van der Waals surface area contributed by atoms with Crippen molar-refractivity contribution in [1.82, 2.24) is 10.2 Å². The molecule has 0 aromatic carbocycles. The van der Waals surface area contributed by atoms with E-state index in [0.717, 1.165) is 38.6 Å². The first-order valence-electron chi connectivity index (χ1n) is 12.1. The fraction of sp³-hybridized carbons (Fsp3) is 0.870. The Morgan fingerprint density at radius 3 is 2.53 bits per heavy atom. The van der Waals surface area contributed by atoms with Gasteiger partial charge >= 0.3 is 0 Å². The normalized spacial score (nSPS) is 40.9. The van der Waals surface area contributed by atoms with Gasteiger partial charge in [-0.3, -0.25) is 14.4 Å². The molecule has 6 fully saturated rings. The van der Waals surface area contributed by atoms with Crippen molar-refractivity contribution in [2.75, 3.05) is 19.6 Å². The third-order valence-corrected chi connectivity index (χ3v) is 8.26. The highest BCUT2D eigenvalue weighted by molar-refractivity contribution is 5.78. The predicted molar refractivity (Wildman–Crippen MR) is 109 cm³/mol. The van der Waals surface area contributed by atoms with Gasteiger partial charge in [0.05, 0.1) is 0 Å². The topological polar surface area (TPSA) is 94.2 Å². The molecule has 2 atom stereocenters. The molecule has 2 amide bonds. The molecular weight excluding hydrogens is 419 g/mol. The standard InChI is InChI=1S/C23H33FN2O6/c24-19(14-27)22(5-4-20(28)25-6-2-8-26-7-1-3-21(26)29)30-23(32-31-22)17-10-15-9-16(12-17)13-18(23)11-15/h14-19H,1-13H2,(H,25,28). The lowest BCUT2D eigenvalue weighted by Gasteiger charge is -2.57. The van der Waals surface area contributed by atoms with Crippen molar-refractivity contribution in [3.05, 3.63) is 0 Å². The van der Waals surface area contributed by atoms with Crippen molar-refractivity contribution < 1.29 is 33.3 Å². The van der Waals surface area contributed by atoms with Gasteiger partial charge in [-0.25, -0.2) is 4.39 Å². The number of ether oxygens (including phenoxy) is 1. The Morgan fingerprint density at radius 1 is 1.19 bits per heavy atom. The highest BCUT2D eigenvalue weighted by atomic mass is 19.1. The first-order valence-corrected chi connectivity index (χ1v) is 12.1. The average Bonchev–Trinajstić information content (AvgIpc) is 3.38. The molecule has 8 nitrogen and oxygen atoms in total. The molecule has 1 spiro atoms. The van der Waals surface area contributed by atoms with Crippen molar-refractivity contribution in [1.29, 1.82) is 0 Å². The summed E-state index contributed by atoms with van der Waals surface area (Å²) in [6, 6.07) is 0. The van der Waals surface area contributed by atoms with Crippen LogP contribution in [-0.4, -0.2) is 60.4 Å². The summed E-state index contributed by atoms with van der Waals surface area (Å²) in [7, 11) is 0. The zero-order valence-corrected chi connectivity index (χ0v) is 18.4. The van der Waals surface area contributed by atoms with Crippen LogP contribution in [0.4, 0.5) is 4.39 Å². The van der Waals surface area contributed by atoms with Gasteiger partial charge in [0.25, 0.3) is 0 Å². The summed E-state index contributed by atoms with van der Waals surface area (Å²) >= 11 is 0. The molecule has 6 rings (SSSR count). The van der Waals surface area contributed by atoms with E-state index in [1.165, 1.54) is 6.42 Å². The highest BCUT2D eigenvalue weighted by Crippen LogP contribution is 2.63. The molecule has 4 saturated carbocycles. The SMILES string of the molecule is O=CC(F)C1(CCC(=O)NCCCN2CCCC2=O)OOC2(O1)C1CC3CC(C1)CC2C3. The van der Waals surface area contributed by atoms with E-state index in [1.54, 1.807) is 4.90 Å². The van der Waals surface area contributed by atoms with E-state index >= 15 is 0 Å². The highest BCUT2D eigenvalue weighted by Gasteiger charge is 2.68. The predicted octanol–water partition coefficient (Wildman–Crippen LogP) is 2.26. The molecule has 178 valence electrons. The van der Waals surface area contributed by atoms with E-state index in [9.17, 15) is 18.8 Å². The van der Waals surface area contributed by atoms with E-state index < -0.39 is 17.7 Å². The Balaban J connectivity index is 1.15. The van der Waals surface area contributed by atoms with Crippen LogP contribution in [0.5, 0.6) is 0 Å². The van der Waals surface area contributed by atoms with E-state index in [2.05, 4.69) is 5.32 Å². The molecule has 2 heterocycles. The Kier molecular flexibility index (Phi) is 6.01. The monoisotopic (exact) mass is 452 g/mol. The maximum Gasteiger partial charge on any atom is 0.243 e. The van der Waals surface area contributed by atoms with Gasteiger partial charge in [0.2, 0.25) is 29.6 Å². The summed E-state index contributed by atoms with van der Waals surface area (Å²) in [4.78, 5) is 48.4. The van der Waals surface area contributed by atoms with Gasteiger partial charge in [0.1, 0.15) is 0 Å². The number of hydrogen-bond donors (Lipinski definition) is 1. The van der Waals surface area contributed by atoms with Crippen LogP contribution in [0.15, 0.2) is 0 Å². The number of nitrogens with one attached hydrogen (secondary N) is 1. The van der Waals surface area contributed by atoms with Crippen LogP contribution in [-0.2, 0) is 28.9 Å². The van der Waals surface area contributed by atoms with Gasteiger partial charge in [-0.15, -0.1) is 0 Å². The summed E-state index contributed by atoms with van der Waals surface area (Å²) in [6.45, 7) is 1.82. The number of hydrogen-bond acceptors (Lipinski definition) is 6. The number of nitrogens with zero attached hydrogens (tertiary/aromatic N) is 1. The second-order valence-electron chi connectivity index (χ2n) is 10.3. The van der Waals surface area contributed by atoms with Gasteiger partial charge in [0, 0.05) is 50.7 Å². The van der Waals surface area contributed by atoms with E-state index in [1.807, 2.05) is 0 Å². The van der Waals surface area contributed by atoms with Crippen LogP contribution in [0.3, 0.4) is 0 Å². The summed E-state index contributed by atoms with van der Waals surface area (Å²) in [5.74, 6) is -1.37. The summed E-state index contributed by atoms with van der Waals surface area (Å²) in [5.41, 5.74) is 0. The number of halogens is 1. The maximum atomic E-state index is 14.8. The van der Waals surface area contributed by atoms with Gasteiger partial charge in [-0.2, -0.15) is 9.78 Å². The molecule has 32 heavy (non-hydrogen) atoms. The molecular formula is C23H33FN2O6. The quantitative estimate of drug-likeness (QED) is 0.328. The van der Waals surface area contributed by atoms with Crippen LogP contribution in [0.2, 0.25) is 0 Å². The molecule has 0 aromatic heterocycles. The molecule has 0 radical (unpaired) electrons. The second-order valence-corrected chi connectivity index (χ2v) is 10.3. The van der Waals surface area contributed by atoms with Crippen molar-refractivity contribution in [2.45, 2.75) is 82.0 Å². The summed E-state index contributed by atoms with van der Waals surface area (Å²) in [5, 5.41) is 2.80. The van der Waals surface area contributed by atoms with Crippen LogP contribution in [0, 0.1) is 23.7 Å². The Hall–Kier alpha value is -1.58. The molecule has 2 unspecified atom stereocenters. The number of carbonyl (C=O) groups excluding carboxylic acids is 3. The Bertz CT molecular complexity index is 735. The lowest BCUT2D eigenvalue weighted by molar-refractivity contribution is -0.390. The van der Waals surface area contributed by atoms with Gasteiger partial charge in [-0.1, -0.05) is 0 Å². The number of rotatable bonds is 9. The lowest BCUT2D eigenvalue weighted by atomic mass is 9.53. The first kappa shape index (κ1) is 22.2. The molecule has 1 N–H and O–H groups in total. The minimum atomic E-state index is -2.03. The molecule has 2 saturated heterocycles. The first-order chi connectivity index (χ1) is 15.4. The minimum absolute atomic E-state index is 0.0447. The van der Waals surface area contributed by atoms with E-state index in [-0.39, 0.29) is 42.8 Å². The summed E-state index contributed by atoms with van der Waals surface area (Å²) < 4.78 is 21.0. The number of carbonyl (C=O) groups is 3. The molecule has 2 aliphatic heterocycles. The van der Waals surface area contributed by atoms with Crippen molar-refractivity contribution in [2.24, 2.45) is 23.7 Å².